The van der Waals surface area contributed by atoms with E-state index in [9.17, 15) is 0 Å². The molecular formula is C14H24Cl2N6O. The normalized spacial score (nSPS) is 15.9. The molecule has 0 amide bonds. The third kappa shape index (κ3) is 5.46. The van der Waals surface area contributed by atoms with Crippen LogP contribution in [0.3, 0.4) is 0 Å². The Bertz CT molecular complexity index is 579. The van der Waals surface area contributed by atoms with Gasteiger partial charge in [0, 0.05) is 12.7 Å². The third-order valence-electron chi connectivity index (χ3n) is 3.96. The lowest BCUT2D eigenvalue weighted by molar-refractivity contribution is 0.160. The molecule has 130 valence electrons. The molecule has 0 unspecified atom stereocenters. The van der Waals surface area contributed by atoms with Crippen molar-refractivity contribution in [2.24, 2.45) is 11.7 Å². The van der Waals surface area contributed by atoms with Gasteiger partial charge in [0.25, 0.3) is 0 Å². The van der Waals surface area contributed by atoms with Gasteiger partial charge in [-0.25, -0.2) is 0 Å². The van der Waals surface area contributed by atoms with Gasteiger partial charge in [0.1, 0.15) is 0 Å². The monoisotopic (exact) mass is 362 g/mol. The van der Waals surface area contributed by atoms with Gasteiger partial charge in [0.05, 0.1) is 19.3 Å². The van der Waals surface area contributed by atoms with E-state index in [0.717, 1.165) is 32.0 Å². The van der Waals surface area contributed by atoms with E-state index < -0.39 is 0 Å². The molecule has 0 aromatic carbocycles. The van der Waals surface area contributed by atoms with Crippen LogP contribution in [0, 0.1) is 12.8 Å². The number of hydrogen-bond acceptors (Lipinski definition) is 6. The highest BCUT2D eigenvalue weighted by atomic mass is 35.5. The molecule has 3 heterocycles. The van der Waals surface area contributed by atoms with Crippen LogP contribution in [0.4, 0.5) is 0 Å². The minimum absolute atomic E-state index is 0. The summed E-state index contributed by atoms with van der Waals surface area (Å²) in [6.07, 6.45) is 6.39. The number of halogens is 2. The van der Waals surface area contributed by atoms with E-state index in [1.165, 1.54) is 18.4 Å². The lowest BCUT2D eigenvalue weighted by Crippen LogP contribution is -2.34. The molecule has 0 spiro atoms. The van der Waals surface area contributed by atoms with Crippen LogP contribution in [0.2, 0.25) is 0 Å². The Hall–Kier alpha value is -1.15. The van der Waals surface area contributed by atoms with Crippen LogP contribution in [0.1, 0.15) is 30.1 Å². The molecule has 1 aliphatic rings. The highest BCUT2D eigenvalue weighted by Gasteiger charge is 2.21. The predicted molar refractivity (Wildman–Crippen MR) is 91.7 cm³/mol. The van der Waals surface area contributed by atoms with E-state index in [4.69, 9.17) is 10.3 Å². The first-order chi connectivity index (χ1) is 10.2. The Balaban J connectivity index is 0.00000132. The van der Waals surface area contributed by atoms with E-state index in [1.54, 1.807) is 0 Å². The number of aryl methyl sites for hydroxylation is 1. The van der Waals surface area contributed by atoms with Crippen LogP contribution in [-0.2, 0) is 19.6 Å². The molecule has 2 aromatic rings. The Morgan fingerprint density at radius 3 is 2.61 bits per heavy atom. The second-order valence-corrected chi connectivity index (χ2v) is 5.77. The molecule has 0 atom stereocenters. The Labute approximate surface area is 148 Å². The number of nitrogens with zero attached hydrogens (tertiary/aromatic N) is 5. The minimum atomic E-state index is 0. The van der Waals surface area contributed by atoms with Crippen molar-refractivity contribution in [2.45, 2.75) is 39.4 Å². The maximum absolute atomic E-state index is 5.47. The second-order valence-electron chi connectivity index (χ2n) is 5.77. The van der Waals surface area contributed by atoms with Crippen LogP contribution < -0.4 is 5.73 Å². The molecule has 1 aliphatic heterocycles. The fourth-order valence-corrected chi connectivity index (χ4v) is 2.80. The SMILES string of the molecule is Cc1cnn(CC2CCN(Cc3noc(CN)n3)CC2)c1.Cl.Cl. The fourth-order valence-electron chi connectivity index (χ4n) is 2.80. The van der Waals surface area contributed by atoms with Crippen molar-refractivity contribution in [1.29, 1.82) is 0 Å². The molecule has 2 N–H and O–H groups in total. The van der Waals surface area contributed by atoms with Crippen molar-refractivity contribution < 1.29 is 4.52 Å². The summed E-state index contributed by atoms with van der Waals surface area (Å²) >= 11 is 0. The van der Waals surface area contributed by atoms with Crippen LogP contribution in [0.25, 0.3) is 0 Å². The molecular weight excluding hydrogens is 339 g/mol. The van der Waals surface area contributed by atoms with Crippen molar-refractivity contribution >= 4 is 24.8 Å². The standard InChI is InChI=1S/C14H22N6O.2ClH/c1-11-7-16-20(8-11)9-12-2-4-19(5-3-12)10-13-17-14(6-15)21-18-13;;/h7-8,12H,2-6,9-10,15H2,1H3;2*1H. The molecule has 1 saturated heterocycles. The Morgan fingerprint density at radius 1 is 1.30 bits per heavy atom. The summed E-state index contributed by atoms with van der Waals surface area (Å²) < 4.78 is 7.09. The molecule has 7 nitrogen and oxygen atoms in total. The zero-order chi connectivity index (χ0) is 14.7. The van der Waals surface area contributed by atoms with Crippen molar-refractivity contribution in [1.82, 2.24) is 24.8 Å². The van der Waals surface area contributed by atoms with Gasteiger partial charge in [-0.2, -0.15) is 10.1 Å². The van der Waals surface area contributed by atoms with Gasteiger partial charge in [0.2, 0.25) is 5.89 Å². The molecule has 0 saturated carbocycles. The van der Waals surface area contributed by atoms with Gasteiger partial charge in [0.15, 0.2) is 5.82 Å². The maximum Gasteiger partial charge on any atom is 0.240 e. The fraction of sp³-hybridized carbons (Fsp3) is 0.643. The molecule has 0 aliphatic carbocycles. The van der Waals surface area contributed by atoms with Crippen molar-refractivity contribution in [3.63, 3.8) is 0 Å². The molecule has 0 bridgehead atoms. The molecule has 3 rings (SSSR count). The van der Waals surface area contributed by atoms with Crippen LogP contribution >= 0.6 is 24.8 Å². The van der Waals surface area contributed by atoms with Gasteiger partial charge in [-0.15, -0.1) is 24.8 Å². The zero-order valence-electron chi connectivity index (χ0n) is 13.2. The zero-order valence-corrected chi connectivity index (χ0v) is 14.9. The van der Waals surface area contributed by atoms with Gasteiger partial charge >= 0.3 is 0 Å². The summed E-state index contributed by atoms with van der Waals surface area (Å²) in [5.74, 6) is 1.94. The van der Waals surface area contributed by atoms with E-state index in [1.807, 2.05) is 6.20 Å². The Kier molecular flexibility index (Phi) is 7.98. The maximum atomic E-state index is 5.47. The van der Waals surface area contributed by atoms with Crippen molar-refractivity contribution in [2.75, 3.05) is 13.1 Å². The number of hydrogen-bond donors (Lipinski definition) is 1. The van der Waals surface area contributed by atoms with Crippen LogP contribution in [0.5, 0.6) is 0 Å². The average Bonchev–Trinajstić information content (AvgIpc) is 3.10. The number of nitrogens with two attached hydrogens (primary N) is 1. The van der Waals surface area contributed by atoms with Crippen molar-refractivity contribution in [3.8, 4) is 0 Å². The van der Waals surface area contributed by atoms with E-state index in [2.05, 4.69) is 37.9 Å². The highest BCUT2D eigenvalue weighted by Crippen LogP contribution is 2.20. The molecule has 0 radical (unpaired) electrons. The summed E-state index contributed by atoms with van der Waals surface area (Å²) in [6, 6.07) is 0. The molecule has 9 heteroatoms. The first-order valence-electron chi connectivity index (χ1n) is 7.46. The minimum Gasteiger partial charge on any atom is -0.338 e. The largest absolute Gasteiger partial charge is 0.338 e. The number of rotatable bonds is 5. The number of piperidine rings is 1. The number of likely N-dealkylation sites (tertiary alicyclic amines) is 1. The Morgan fingerprint density at radius 2 is 2.04 bits per heavy atom. The summed E-state index contributed by atoms with van der Waals surface area (Å²) in [6.45, 7) is 6.28. The van der Waals surface area contributed by atoms with E-state index >= 15 is 0 Å². The second kappa shape index (κ2) is 9.22. The van der Waals surface area contributed by atoms with Gasteiger partial charge in [-0.05, 0) is 44.3 Å². The highest BCUT2D eigenvalue weighted by molar-refractivity contribution is 5.85. The van der Waals surface area contributed by atoms with Crippen LogP contribution in [0.15, 0.2) is 16.9 Å². The molecule has 2 aromatic heterocycles. The van der Waals surface area contributed by atoms with Crippen LogP contribution in [-0.4, -0.2) is 37.9 Å². The smallest absolute Gasteiger partial charge is 0.240 e. The van der Waals surface area contributed by atoms with Gasteiger partial charge < -0.3 is 10.3 Å². The van der Waals surface area contributed by atoms with Gasteiger partial charge in [-0.3, -0.25) is 9.58 Å². The summed E-state index contributed by atoms with van der Waals surface area (Å²) in [7, 11) is 0. The first-order valence-corrected chi connectivity index (χ1v) is 7.46. The summed E-state index contributed by atoms with van der Waals surface area (Å²) in [5.41, 5.74) is 6.69. The predicted octanol–water partition coefficient (Wildman–Crippen LogP) is 1.79. The van der Waals surface area contributed by atoms with Gasteiger partial charge in [-0.1, -0.05) is 5.16 Å². The number of aromatic nitrogens is 4. The lowest BCUT2D eigenvalue weighted by atomic mass is 9.97. The van der Waals surface area contributed by atoms with E-state index in [0.29, 0.717) is 18.4 Å². The first kappa shape index (κ1) is 19.9. The summed E-state index contributed by atoms with van der Waals surface area (Å²) in [4.78, 5) is 6.62. The lowest BCUT2D eigenvalue weighted by Gasteiger charge is -2.30. The average molecular weight is 363 g/mol. The van der Waals surface area contributed by atoms with Crippen molar-refractivity contribution in [3.05, 3.63) is 29.7 Å². The third-order valence-corrected chi connectivity index (χ3v) is 3.96. The molecule has 1 fully saturated rings. The van der Waals surface area contributed by atoms with E-state index in [-0.39, 0.29) is 24.8 Å². The topological polar surface area (TPSA) is 86.0 Å². The quantitative estimate of drug-likeness (QED) is 0.872. The molecule has 23 heavy (non-hydrogen) atoms. The summed E-state index contributed by atoms with van der Waals surface area (Å²) in [5, 5.41) is 8.32.